The van der Waals surface area contributed by atoms with Gasteiger partial charge in [-0.05, 0) is 54.4 Å². The number of carbonyl (C=O) groups is 2. The molecular formula is C24H27NO4. The lowest BCUT2D eigenvalue weighted by Gasteiger charge is -2.36. The Bertz CT molecular complexity index is 890. The van der Waals surface area contributed by atoms with E-state index in [0.717, 1.165) is 24.0 Å². The zero-order valence-electron chi connectivity index (χ0n) is 16.9. The number of carboxylic acid groups (broad SMARTS) is 1. The first-order chi connectivity index (χ1) is 14.0. The number of carbonyl (C=O) groups excluding carboxylic acids is 1. The largest absolute Gasteiger partial charge is 0.480 e. The minimum absolute atomic E-state index is 0.0353. The van der Waals surface area contributed by atoms with Crippen molar-refractivity contribution in [3.8, 4) is 11.1 Å². The number of hydrogen-bond donors (Lipinski definition) is 1. The SMILES string of the molecule is CCC(C)(C(=O)O)N(CC1CC1)C(=O)OCC1c2ccccc2-c2ccccc21. The van der Waals surface area contributed by atoms with Gasteiger partial charge in [0.15, 0.2) is 0 Å². The third-order valence-corrected chi connectivity index (χ3v) is 6.44. The van der Waals surface area contributed by atoms with Gasteiger partial charge in [0, 0.05) is 12.5 Å². The van der Waals surface area contributed by atoms with Gasteiger partial charge in [0.05, 0.1) is 0 Å². The molecule has 4 rings (SSSR count). The summed E-state index contributed by atoms with van der Waals surface area (Å²) in [6.45, 7) is 4.05. The molecule has 2 aromatic carbocycles. The molecule has 2 aliphatic carbocycles. The fourth-order valence-electron chi connectivity index (χ4n) is 4.17. The molecule has 0 aliphatic heterocycles. The van der Waals surface area contributed by atoms with Crippen LogP contribution in [-0.4, -0.2) is 40.8 Å². The fraction of sp³-hybridized carbons (Fsp3) is 0.417. The minimum Gasteiger partial charge on any atom is -0.480 e. The number of hydrogen-bond acceptors (Lipinski definition) is 3. The summed E-state index contributed by atoms with van der Waals surface area (Å²) in [7, 11) is 0. The van der Waals surface area contributed by atoms with Crippen molar-refractivity contribution < 1.29 is 19.4 Å². The van der Waals surface area contributed by atoms with Crippen molar-refractivity contribution in [1.29, 1.82) is 0 Å². The van der Waals surface area contributed by atoms with E-state index in [1.807, 2.05) is 24.3 Å². The maximum absolute atomic E-state index is 13.0. The Morgan fingerprint density at radius 2 is 1.62 bits per heavy atom. The first-order valence-corrected chi connectivity index (χ1v) is 10.3. The first kappa shape index (κ1) is 19.5. The lowest BCUT2D eigenvalue weighted by Crippen LogP contribution is -2.55. The van der Waals surface area contributed by atoms with Crippen LogP contribution < -0.4 is 0 Å². The molecule has 1 amide bonds. The van der Waals surface area contributed by atoms with Gasteiger partial charge in [0.25, 0.3) is 0 Å². The Morgan fingerprint density at radius 1 is 1.07 bits per heavy atom. The quantitative estimate of drug-likeness (QED) is 0.726. The molecule has 0 aromatic heterocycles. The lowest BCUT2D eigenvalue weighted by atomic mass is 9.96. The number of ether oxygens (including phenoxy) is 1. The highest BCUT2D eigenvalue weighted by Gasteiger charge is 2.44. The van der Waals surface area contributed by atoms with Crippen LogP contribution in [0.3, 0.4) is 0 Å². The predicted octanol–water partition coefficient (Wildman–Crippen LogP) is 4.90. The Balaban J connectivity index is 1.56. The molecule has 0 heterocycles. The van der Waals surface area contributed by atoms with E-state index in [2.05, 4.69) is 24.3 Å². The molecule has 0 spiro atoms. The number of fused-ring (bicyclic) bond motifs is 3. The van der Waals surface area contributed by atoms with E-state index in [-0.39, 0.29) is 12.5 Å². The molecule has 0 saturated heterocycles. The van der Waals surface area contributed by atoms with Crippen LogP contribution in [0.15, 0.2) is 48.5 Å². The number of aliphatic carboxylic acids is 1. The molecule has 2 aromatic rings. The molecule has 1 unspecified atom stereocenters. The van der Waals surface area contributed by atoms with E-state index < -0.39 is 17.6 Å². The van der Waals surface area contributed by atoms with E-state index in [9.17, 15) is 14.7 Å². The molecule has 0 radical (unpaired) electrons. The lowest BCUT2D eigenvalue weighted by molar-refractivity contribution is -0.150. The second-order valence-electron chi connectivity index (χ2n) is 8.29. The summed E-state index contributed by atoms with van der Waals surface area (Å²) >= 11 is 0. The minimum atomic E-state index is -1.26. The van der Waals surface area contributed by atoms with Gasteiger partial charge in [-0.1, -0.05) is 55.5 Å². The maximum atomic E-state index is 13.0. The average molecular weight is 393 g/mol. The Morgan fingerprint density at radius 3 is 2.10 bits per heavy atom. The van der Waals surface area contributed by atoms with Gasteiger partial charge >= 0.3 is 12.1 Å². The fourth-order valence-corrected chi connectivity index (χ4v) is 4.17. The van der Waals surface area contributed by atoms with Crippen LogP contribution in [0.25, 0.3) is 11.1 Å². The topological polar surface area (TPSA) is 66.8 Å². The first-order valence-electron chi connectivity index (χ1n) is 10.3. The summed E-state index contributed by atoms with van der Waals surface area (Å²) < 4.78 is 5.75. The molecule has 5 nitrogen and oxygen atoms in total. The van der Waals surface area contributed by atoms with E-state index in [0.29, 0.717) is 18.9 Å². The number of amides is 1. The molecule has 5 heteroatoms. The highest BCUT2D eigenvalue weighted by atomic mass is 16.6. The summed E-state index contributed by atoms with van der Waals surface area (Å²) in [4.78, 5) is 26.4. The second-order valence-corrected chi connectivity index (χ2v) is 8.29. The van der Waals surface area contributed by atoms with Crippen LogP contribution in [0, 0.1) is 5.92 Å². The Kier molecular flexibility index (Phi) is 5.07. The van der Waals surface area contributed by atoms with Gasteiger partial charge in [0.1, 0.15) is 12.1 Å². The highest BCUT2D eigenvalue weighted by molar-refractivity contribution is 5.84. The molecule has 1 N–H and O–H groups in total. The number of rotatable bonds is 7. The molecule has 1 saturated carbocycles. The third kappa shape index (κ3) is 3.50. The number of benzene rings is 2. The van der Waals surface area contributed by atoms with Gasteiger partial charge < -0.3 is 9.84 Å². The Hall–Kier alpha value is -2.82. The maximum Gasteiger partial charge on any atom is 0.410 e. The highest BCUT2D eigenvalue weighted by Crippen LogP contribution is 2.44. The van der Waals surface area contributed by atoms with Crippen LogP contribution in [-0.2, 0) is 9.53 Å². The number of carboxylic acids is 1. The monoisotopic (exact) mass is 393 g/mol. The average Bonchev–Trinajstić information content (AvgIpc) is 3.51. The standard InChI is InChI=1S/C24H27NO4/c1-3-24(2,22(26)27)25(14-16-12-13-16)23(28)29-15-21-19-10-6-4-8-17(19)18-9-5-7-11-20(18)21/h4-11,16,21H,3,12-15H2,1-2H3,(H,26,27). The van der Waals surface area contributed by atoms with Gasteiger partial charge in [0.2, 0.25) is 0 Å². The van der Waals surface area contributed by atoms with Crippen molar-refractivity contribution in [2.24, 2.45) is 5.92 Å². The predicted molar refractivity (Wildman–Crippen MR) is 111 cm³/mol. The van der Waals surface area contributed by atoms with Gasteiger partial charge in [-0.15, -0.1) is 0 Å². The summed E-state index contributed by atoms with van der Waals surface area (Å²) in [6, 6.07) is 16.4. The third-order valence-electron chi connectivity index (χ3n) is 6.44. The van der Waals surface area contributed by atoms with Crippen molar-refractivity contribution in [2.75, 3.05) is 13.2 Å². The van der Waals surface area contributed by atoms with Crippen LogP contribution in [0.5, 0.6) is 0 Å². The second kappa shape index (κ2) is 7.54. The smallest absolute Gasteiger partial charge is 0.410 e. The van der Waals surface area contributed by atoms with E-state index >= 15 is 0 Å². The van der Waals surface area contributed by atoms with Crippen molar-refractivity contribution >= 4 is 12.1 Å². The summed E-state index contributed by atoms with van der Waals surface area (Å²) in [5.74, 6) is -0.651. The van der Waals surface area contributed by atoms with Gasteiger partial charge in [-0.25, -0.2) is 9.59 Å². The van der Waals surface area contributed by atoms with Crippen molar-refractivity contribution in [2.45, 2.75) is 44.6 Å². The Labute approximate surface area is 171 Å². The van der Waals surface area contributed by atoms with Crippen LogP contribution in [0.4, 0.5) is 4.79 Å². The zero-order valence-corrected chi connectivity index (χ0v) is 16.9. The van der Waals surface area contributed by atoms with Crippen molar-refractivity contribution in [1.82, 2.24) is 4.90 Å². The molecule has 29 heavy (non-hydrogen) atoms. The normalized spacial score (nSPS) is 17.2. The van der Waals surface area contributed by atoms with Crippen molar-refractivity contribution in [3.05, 3.63) is 59.7 Å². The summed E-state index contributed by atoms with van der Waals surface area (Å²) in [6.07, 6.45) is 1.86. The molecule has 1 fully saturated rings. The van der Waals surface area contributed by atoms with E-state index in [1.54, 1.807) is 13.8 Å². The van der Waals surface area contributed by atoms with Crippen LogP contribution in [0.1, 0.15) is 50.2 Å². The molecular weight excluding hydrogens is 366 g/mol. The van der Waals surface area contributed by atoms with Crippen molar-refractivity contribution in [3.63, 3.8) is 0 Å². The zero-order chi connectivity index (χ0) is 20.6. The van der Waals surface area contributed by atoms with Crippen LogP contribution in [0.2, 0.25) is 0 Å². The molecule has 152 valence electrons. The number of nitrogens with zero attached hydrogens (tertiary/aromatic N) is 1. The molecule has 0 bridgehead atoms. The van der Waals surface area contributed by atoms with E-state index in [1.165, 1.54) is 16.0 Å². The molecule has 1 atom stereocenters. The molecule has 2 aliphatic rings. The van der Waals surface area contributed by atoms with E-state index in [4.69, 9.17) is 4.74 Å². The van der Waals surface area contributed by atoms with Gasteiger partial charge in [-0.2, -0.15) is 0 Å². The van der Waals surface area contributed by atoms with Crippen LogP contribution >= 0.6 is 0 Å². The summed E-state index contributed by atoms with van der Waals surface area (Å²) in [5.41, 5.74) is 3.37. The summed E-state index contributed by atoms with van der Waals surface area (Å²) in [5, 5.41) is 9.78. The van der Waals surface area contributed by atoms with Gasteiger partial charge in [-0.3, -0.25) is 4.90 Å².